The number of rotatable bonds is 8. The van der Waals surface area contributed by atoms with E-state index in [4.69, 9.17) is 14.2 Å². The Morgan fingerprint density at radius 3 is 2.11 bits per heavy atom. The Morgan fingerprint density at radius 2 is 1.54 bits per heavy atom. The van der Waals surface area contributed by atoms with Gasteiger partial charge in [-0.3, -0.25) is 4.79 Å². The van der Waals surface area contributed by atoms with Crippen molar-refractivity contribution >= 4 is 15.9 Å². The van der Waals surface area contributed by atoms with Crippen LogP contribution in [-0.2, 0) is 10.0 Å². The summed E-state index contributed by atoms with van der Waals surface area (Å²) >= 11 is 0. The maximum Gasteiger partial charge on any atom is 0.254 e. The highest BCUT2D eigenvalue weighted by atomic mass is 32.2. The van der Waals surface area contributed by atoms with Crippen LogP contribution >= 0.6 is 0 Å². The van der Waals surface area contributed by atoms with Gasteiger partial charge in [0.25, 0.3) is 5.91 Å². The van der Waals surface area contributed by atoms with Crippen molar-refractivity contribution in [3.8, 4) is 17.2 Å². The molecule has 0 aliphatic carbocycles. The minimum absolute atomic E-state index is 0.0424. The van der Waals surface area contributed by atoms with Gasteiger partial charge in [0.05, 0.1) is 31.8 Å². The van der Waals surface area contributed by atoms with E-state index in [1.54, 1.807) is 25.1 Å². The lowest BCUT2D eigenvalue weighted by Crippen LogP contribution is -2.27. The first-order valence-corrected chi connectivity index (χ1v) is 9.90. The average Bonchev–Trinajstić information content (AvgIpc) is 2.71. The van der Waals surface area contributed by atoms with Gasteiger partial charge in [0, 0.05) is 13.1 Å². The molecule has 0 spiro atoms. The lowest BCUT2D eigenvalue weighted by Gasteiger charge is -2.17. The summed E-state index contributed by atoms with van der Waals surface area (Å²) in [7, 11) is 2.01. The smallest absolute Gasteiger partial charge is 0.254 e. The number of carbonyl (C=O) groups is 1. The summed E-state index contributed by atoms with van der Waals surface area (Å²) in [5.41, 5.74) is 0.827. The van der Waals surface area contributed by atoms with Gasteiger partial charge in [-0.2, -0.15) is 0 Å². The van der Waals surface area contributed by atoms with Crippen molar-refractivity contribution in [3.63, 3.8) is 0 Å². The Labute approximate surface area is 164 Å². The van der Waals surface area contributed by atoms with Crippen LogP contribution in [0.5, 0.6) is 17.2 Å². The van der Waals surface area contributed by atoms with Gasteiger partial charge in [0.1, 0.15) is 5.75 Å². The van der Waals surface area contributed by atoms with E-state index >= 15 is 0 Å². The van der Waals surface area contributed by atoms with Crippen molar-refractivity contribution < 1.29 is 27.4 Å². The molecule has 0 unspecified atom stereocenters. The first-order valence-electron chi connectivity index (χ1n) is 8.41. The molecule has 2 aromatic rings. The molecule has 2 N–H and O–H groups in total. The summed E-state index contributed by atoms with van der Waals surface area (Å²) in [6.45, 7) is 1.71. The van der Waals surface area contributed by atoms with Crippen molar-refractivity contribution in [1.29, 1.82) is 0 Å². The number of methoxy groups -OCH3 is 3. The number of sulfonamides is 1. The highest BCUT2D eigenvalue weighted by Gasteiger charge is 2.22. The van der Waals surface area contributed by atoms with E-state index in [1.165, 1.54) is 46.6 Å². The van der Waals surface area contributed by atoms with Gasteiger partial charge in [-0.05, 0) is 42.8 Å². The number of amides is 1. The largest absolute Gasteiger partial charge is 0.496 e. The molecule has 1 atom stereocenters. The first kappa shape index (κ1) is 21.5. The zero-order chi connectivity index (χ0) is 20.9. The van der Waals surface area contributed by atoms with Crippen molar-refractivity contribution in [2.75, 3.05) is 28.4 Å². The van der Waals surface area contributed by atoms with Gasteiger partial charge in [0.15, 0.2) is 11.5 Å². The van der Waals surface area contributed by atoms with Crippen LogP contribution in [0.1, 0.15) is 28.9 Å². The molecule has 0 bridgehead atoms. The predicted octanol–water partition coefficient (Wildman–Crippen LogP) is 2.11. The quantitative estimate of drug-likeness (QED) is 0.694. The third-order valence-corrected chi connectivity index (χ3v) is 5.73. The zero-order valence-electron chi connectivity index (χ0n) is 16.4. The van der Waals surface area contributed by atoms with E-state index in [-0.39, 0.29) is 16.2 Å². The molecule has 9 heteroatoms. The van der Waals surface area contributed by atoms with Gasteiger partial charge in [-0.1, -0.05) is 6.07 Å². The number of hydrogen-bond acceptors (Lipinski definition) is 6. The maximum absolute atomic E-state index is 12.8. The van der Waals surface area contributed by atoms with Crippen LogP contribution in [0.3, 0.4) is 0 Å². The summed E-state index contributed by atoms with van der Waals surface area (Å²) in [6.07, 6.45) is 0. The van der Waals surface area contributed by atoms with Crippen LogP contribution in [0.15, 0.2) is 41.3 Å². The number of carbonyl (C=O) groups excluding carboxylic acids is 1. The van der Waals surface area contributed by atoms with E-state index in [0.29, 0.717) is 17.1 Å². The Morgan fingerprint density at radius 1 is 0.929 bits per heavy atom. The topological polar surface area (TPSA) is 103 Å². The van der Waals surface area contributed by atoms with Crippen LogP contribution in [0.2, 0.25) is 0 Å². The van der Waals surface area contributed by atoms with Gasteiger partial charge in [0.2, 0.25) is 10.0 Å². The minimum atomic E-state index is -3.89. The second kappa shape index (κ2) is 8.94. The Hall–Kier alpha value is -2.78. The molecule has 2 aromatic carbocycles. The Balaban J connectivity index is 2.34. The third kappa shape index (κ3) is 4.55. The summed E-state index contributed by atoms with van der Waals surface area (Å²) in [4.78, 5) is 12.0. The molecule has 0 aliphatic rings. The van der Waals surface area contributed by atoms with Crippen LogP contribution in [0.4, 0.5) is 0 Å². The van der Waals surface area contributed by atoms with Gasteiger partial charge in [-0.15, -0.1) is 0 Å². The highest BCUT2D eigenvalue weighted by molar-refractivity contribution is 7.89. The number of ether oxygens (including phenoxy) is 3. The van der Waals surface area contributed by atoms with Crippen molar-refractivity contribution in [1.82, 2.24) is 10.0 Å². The minimum Gasteiger partial charge on any atom is -0.496 e. The molecule has 0 heterocycles. The number of nitrogens with one attached hydrogen (secondary N) is 2. The molecule has 1 amide bonds. The lowest BCUT2D eigenvalue weighted by molar-refractivity contribution is 0.0960. The molecule has 0 aromatic heterocycles. The predicted molar refractivity (Wildman–Crippen MR) is 105 cm³/mol. The van der Waals surface area contributed by atoms with Crippen molar-refractivity contribution in [2.24, 2.45) is 0 Å². The lowest BCUT2D eigenvalue weighted by atomic mass is 10.1. The maximum atomic E-state index is 12.8. The molecule has 0 radical (unpaired) electrons. The number of hydrogen-bond donors (Lipinski definition) is 2. The van der Waals surface area contributed by atoms with Crippen LogP contribution in [0.25, 0.3) is 0 Å². The molecule has 0 fully saturated rings. The summed E-state index contributed by atoms with van der Waals surface area (Å²) in [6, 6.07) is 8.72. The molecule has 152 valence electrons. The molecule has 0 aliphatic heterocycles. The van der Waals surface area contributed by atoms with Crippen LogP contribution in [0, 0.1) is 0 Å². The van der Waals surface area contributed by atoms with Crippen molar-refractivity contribution in [3.05, 3.63) is 47.5 Å². The average molecular weight is 408 g/mol. The molecule has 0 saturated carbocycles. The third-order valence-electron chi connectivity index (χ3n) is 4.19. The summed E-state index contributed by atoms with van der Waals surface area (Å²) in [5.74, 6) is 0.886. The SMILES string of the molecule is CNC(=O)c1cc(S(=O)(=O)N[C@H](C)c2ccc(OC)c(OC)c2)ccc1OC. The monoisotopic (exact) mass is 408 g/mol. The fraction of sp³-hybridized carbons (Fsp3) is 0.316. The van der Waals surface area contributed by atoms with E-state index in [2.05, 4.69) is 10.0 Å². The van der Waals surface area contributed by atoms with E-state index in [9.17, 15) is 13.2 Å². The number of benzene rings is 2. The Bertz CT molecular complexity index is 959. The molecular formula is C19H24N2O6S. The van der Waals surface area contributed by atoms with E-state index in [0.717, 1.165) is 0 Å². The molecule has 28 heavy (non-hydrogen) atoms. The summed E-state index contributed by atoms with van der Waals surface area (Å²) < 4.78 is 43.8. The normalized spacial score (nSPS) is 12.2. The highest BCUT2D eigenvalue weighted by Crippen LogP contribution is 2.30. The molecule has 0 saturated heterocycles. The zero-order valence-corrected chi connectivity index (χ0v) is 17.2. The summed E-state index contributed by atoms with van der Waals surface area (Å²) in [5, 5.41) is 2.46. The fourth-order valence-corrected chi connectivity index (χ4v) is 3.92. The van der Waals surface area contributed by atoms with E-state index in [1.807, 2.05) is 0 Å². The molecule has 8 nitrogen and oxygen atoms in total. The van der Waals surface area contributed by atoms with Gasteiger partial charge < -0.3 is 19.5 Å². The van der Waals surface area contributed by atoms with Crippen molar-refractivity contribution in [2.45, 2.75) is 17.9 Å². The van der Waals surface area contributed by atoms with E-state index < -0.39 is 22.0 Å². The Kier molecular flexibility index (Phi) is 6.87. The second-order valence-electron chi connectivity index (χ2n) is 5.90. The van der Waals surface area contributed by atoms with Gasteiger partial charge >= 0.3 is 0 Å². The van der Waals surface area contributed by atoms with Crippen LogP contribution in [-0.4, -0.2) is 42.7 Å². The van der Waals surface area contributed by atoms with Gasteiger partial charge in [-0.25, -0.2) is 13.1 Å². The molecule has 2 rings (SSSR count). The van der Waals surface area contributed by atoms with Crippen LogP contribution < -0.4 is 24.2 Å². The first-order chi connectivity index (χ1) is 13.3. The fourth-order valence-electron chi connectivity index (χ4n) is 2.66. The second-order valence-corrected chi connectivity index (χ2v) is 7.61. The standard InChI is InChI=1S/C19H24N2O6S/c1-12(13-6-8-17(26-4)18(10-13)27-5)21-28(23,24)14-7-9-16(25-3)15(11-14)19(22)20-2/h6-12,21H,1-5H3,(H,20,22)/t12-/m1/s1. The molecular weight excluding hydrogens is 384 g/mol.